The number of para-hydroxylation sites is 3. The molecule has 0 unspecified atom stereocenters. The third kappa shape index (κ3) is 5.18. The smallest absolute Gasteiger partial charge is 0.164 e. The van der Waals surface area contributed by atoms with Crippen LogP contribution in [0.4, 0.5) is 0 Å². The quantitative estimate of drug-likeness (QED) is 0.176. The normalized spacial score (nSPS) is 11.8. The van der Waals surface area contributed by atoms with Crippen LogP contribution in [0, 0.1) is 0 Å². The first kappa shape index (κ1) is 30.1. The lowest BCUT2D eigenvalue weighted by molar-refractivity contribution is 0.669. The zero-order valence-electron chi connectivity index (χ0n) is 27.9. The van der Waals surface area contributed by atoms with Crippen LogP contribution in [0.3, 0.4) is 0 Å². The highest BCUT2D eigenvalue weighted by molar-refractivity contribution is 7.22. The van der Waals surface area contributed by atoms with E-state index >= 15 is 0 Å². The van der Waals surface area contributed by atoms with Gasteiger partial charge in [0.15, 0.2) is 17.5 Å². The number of thiazole rings is 2. The summed E-state index contributed by atoms with van der Waals surface area (Å²) in [6.07, 6.45) is 0. The van der Waals surface area contributed by atoms with E-state index < -0.39 is 0 Å². The van der Waals surface area contributed by atoms with Gasteiger partial charge in [-0.2, -0.15) is 0 Å². The number of rotatable bonds is 5. The van der Waals surface area contributed by atoms with Crippen LogP contribution in [0.25, 0.3) is 108 Å². The standard InChI is InChI=1S/C45H25N5OS2/c1-2-11-27-22-28(21-20-26(27)10-1)41-48-42(50-43(49-41)33-13-9-17-37-40(33)32-12-3-6-16-36(32)51-37)29-23-30(44-46-34-14-4-7-18-38(34)52-44)25-31(24-29)45-47-35-15-5-8-19-39(35)53-45/h1-25H. The van der Waals surface area contributed by atoms with E-state index in [1.165, 1.54) is 0 Å². The van der Waals surface area contributed by atoms with Crippen molar-refractivity contribution < 1.29 is 4.42 Å². The molecule has 0 saturated carbocycles. The first-order valence-electron chi connectivity index (χ1n) is 17.2. The first-order valence-corrected chi connectivity index (χ1v) is 18.9. The van der Waals surface area contributed by atoms with Crippen LogP contribution in [0.15, 0.2) is 156 Å². The first-order chi connectivity index (χ1) is 26.2. The molecule has 0 radical (unpaired) electrons. The molecule has 0 aliphatic carbocycles. The van der Waals surface area contributed by atoms with Gasteiger partial charge in [0.1, 0.15) is 21.2 Å². The van der Waals surface area contributed by atoms with E-state index in [2.05, 4.69) is 109 Å². The van der Waals surface area contributed by atoms with E-state index in [1.807, 2.05) is 42.5 Å². The Bertz CT molecular complexity index is 3060. The lowest BCUT2D eigenvalue weighted by Gasteiger charge is -2.11. The molecule has 11 aromatic rings. The molecule has 7 aromatic carbocycles. The number of benzene rings is 7. The molecule has 248 valence electrons. The van der Waals surface area contributed by atoms with Gasteiger partial charge in [0.2, 0.25) is 0 Å². The maximum absolute atomic E-state index is 6.29. The van der Waals surface area contributed by atoms with Gasteiger partial charge in [-0.3, -0.25) is 0 Å². The van der Waals surface area contributed by atoms with Crippen molar-refractivity contribution in [1.82, 2.24) is 24.9 Å². The average molecular weight is 716 g/mol. The van der Waals surface area contributed by atoms with Gasteiger partial charge < -0.3 is 4.42 Å². The maximum Gasteiger partial charge on any atom is 0.164 e. The molecule has 0 atom stereocenters. The lowest BCUT2D eigenvalue weighted by atomic mass is 10.0. The van der Waals surface area contributed by atoms with Gasteiger partial charge in [0, 0.05) is 38.6 Å². The van der Waals surface area contributed by atoms with Gasteiger partial charge in [0.25, 0.3) is 0 Å². The molecule has 0 aliphatic heterocycles. The molecule has 4 aromatic heterocycles. The zero-order valence-corrected chi connectivity index (χ0v) is 29.5. The number of hydrogen-bond acceptors (Lipinski definition) is 8. The van der Waals surface area contributed by atoms with Crippen molar-refractivity contribution in [2.75, 3.05) is 0 Å². The van der Waals surface area contributed by atoms with Crippen molar-refractivity contribution >= 4 is 75.8 Å². The molecule has 11 rings (SSSR count). The summed E-state index contributed by atoms with van der Waals surface area (Å²) in [5.41, 5.74) is 8.16. The molecule has 4 heterocycles. The number of fused-ring (bicyclic) bond motifs is 6. The van der Waals surface area contributed by atoms with Crippen LogP contribution in [-0.4, -0.2) is 24.9 Å². The molecule has 0 bridgehead atoms. The predicted octanol–water partition coefficient (Wildman–Crippen LogP) is 12.5. The van der Waals surface area contributed by atoms with Crippen LogP contribution in [0.5, 0.6) is 0 Å². The minimum absolute atomic E-state index is 0.563. The molecule has 0 aliphatic rings. The van der Waals surface area contributed by atoms with Gasteiger partial charge in [-0.05, 0) is 71.4 Å². The SMILES string of the molecule is c1ccc2cc(-c3nc(-c4cc(-c5nc6ccccc6s5)cc(-c5nc6ccccc6s5)c4)nc(-c4cccc5oc6ccccc6c45)n3)ccc2c1. The Kier molecular flexibility index (Phi) is 6.80. The van der Waals surface area contributed by atoms with E-state index in [0.29, 0.717) is 17.5 Å². The van der Waals surface area contributed by atoms with Gasteiger partial charge in [0.05, 0.1) is 20.4 Å². The molecule has 0 amide bonds. The summed E-state index contributed by atoms with van der Waals surface area (Å²) in [4.78, 5) is 25.7. The van der Waals surface area contributed by atoms with E-state index in [-0.39, 0.29) is 0 Å². The van der Waals surface area contributed by atoms with Crippen LogP contribution in [0.2, 0.25) is 0 Å². The van der Waals surface area contributed by atoms with Crippen LogP contribution in [0.1, 0.15) is 0 Å². The summed E-state index contributed by atoms with van der Waals surface area (Å²) in [6, 6.07) is 51.8. The monoisotopic (exact) mass is 715 g/mol. The summed E-state index contributed by atoms with van der Waals surface area (Å²) >= 11 is 3.35. The van der Waals surface area contributed by atoms with Gasteiger partial charge in [-0.15, -0.1) is 22.7 Å². The molecule has 0 fully saturated rings. The Labute approximate surface area is 310 Å². The molecule has 0 saturated heterocycles. The largest absolute Gasteiger partial charge is 0.456 e. The van der Waals surface area contributed by atoms with Crippen LogP contribution < -0.4 is 0 Å². The molecule has 8 heteroatoms. The van der Waals surface area contributed by atoms with Crippen molar-refractivity contribution in [1.29, 1.82) is 0 Å². The van der Waals surface area contributed by atoms with Crippen LogP contribution in [-0.2, 0) is 0 Å². The van der Waals surface area contributed by atoms with Crippen molar-refractivity contribution in [3.8, 4) is 55.3 Å². The Hall–Kier alpha value is -6.61. The Morgan fingerprint density at radius 1 is 0.396 bits per heavy atom. The highest BCUT2D eigenvalue weighted by Crippen LogP contribution is 2.40. The summed E-state index contributed by atoms with van der Waals surface area (Å²) < 4.78 is 8.56. The predicted molar refractivity (Wildman–Crippen MR) is 218 cm³/mol. The second-order valence-corrected chi connectivity index (χ2v) is 15.0. The third-order valence-electron chi connectivity index (χ3n) is 9.56. The summed E-state index contributed by atoms with van der Waals surface area (Å²) in [5.74, 6) is 1.73. The number of furan rings is 1. The van der Waals surface area contributed by atoms with Crippen LogP contribution >= 0.6 is 22.7 Å². The highest BCUT2D eigenvalue weighted by atomic mass is 32.1. The fraction of sp³-hybridized carbons (Fsp3) is 0. The van der Waals surface area contributed by atoms with Gasteiger partial charge >= 0.3 is 0 Å². The molecular weight excluding hydrogens is 691 g/mol. The second kappa shape index (κ2) is 12.0. The maximum atomic E-state index is 6.29. The van der Waals surface area contributed by atoms with Crippen molar-refractivity contribution in [2.24, 2.45) is 0 Å². The number of hydrogen-bond donors (Lipinski definition) is 0. The number of nitrogens with zero attached hydrogens (tertiary/aromatic N) is 5. The molecule has 6 nitrogen and oxygen atoms in total. The molecule has 0 N–H and O–H groups in total. The van der Waals surface area contributed by atoms with Crippen molar-refractivity contribution in [3.05, 3.63) is 152 Å². The van der Waals surface area contributed by atoms with Gasteiger partial charge in [-0.25, -0.2) is 24.9 Å². The molecule has 0 spiro atoms. The lowest BCUT2D eigenvalue weighted by Crippen LogP contribution is -2.01. The van der Waals surface area contributed by atoms with E-state index in [9.17, 15) is 0 Å². The number of aromatic nitrogens is 5. The Morgan fingerprint density at radius 2 is 0.981 bits per heavy atom. The average Bonchev–Trinajstić information content (AvgIpc) is 3.96. The minimum atomic E-state index is 0.563. The Morgan fingerprint density at radius 3 is 1.72 bits per heavy atom. The molecular formula is C45H25N5OS2. The Balaban J connectivity index is 1.18. The third-order valence-corrected chi connectivity index (χ3v) is 11.7. The van der Waals surface area contributed by atoms with Gasteiger partial charge in [-0.1, -0.05) is 91.0 Å². The summed E-state index contributed by atoms with van der Waals surface area (Å²) in [5, 5.41) is 6.12. The fourth-order valence-corrected chi connectivity index (χ4v) is 8.94. The summed E-state index contributed by atoms with van der Waals surface area (Å²) in [7, 11) is 0. The molecule has 53 heavy (non-hydrogen) atoms. The second-order valence-electron chi connectivity index (χ2n) is 12.9. The van der Waals surface area contributed by atoms with E-state index in [4.69, 9.17) is 29.3 Å². The minimum Gasteiger partial charge on any atom is -0.456 e. The van der Waals surface area contributed by atoms with Crippen molar-refractivity contribution in [2.45, 2.75) is 0 Å². The van der Waals surface area contributed by atoms with E-state index in [0.717, 1.165) is 91.0 Å². The summed E-state index contributed by atoms with van der Waals surface area (Å²) in [6.45, 7) is 0. The van der Waals surface area contributed by atoms with E-state index in [1.54, 1.807) is 22.7 Å². The van der Waals surface area contributed by atoms with Crippen molar-refractivity contribution in [3.63, 3.8) is 0 Å². The fourth-order valence-electron chi connectivity index (χ4n) is 7.04. The zero-order chi connectivity index (χ0) is 34.9. The topological polar surface area (TPSA) is 77.6 Å². The highest BCUT2D eigenvalue weighted by Gasteiger charge is 2.20.